The van der Waals surface area contributed by atoms with Gasteiger partial charge in [-0.2, -0.15) is 4.98 Å². The van der Waals surface area contributed by atoms with Gasteiger partial charge in [0.05, 0.1) is 7.11 Å². The van der Waals surface area contributed by atoms with Crippen LogP contribution in [0.15, 0.2) is 6.33 Å². The molecule has 0 radical (unpaired) electrons. The molecule has 0 saturated heterocycles. The quantitative estimate of drug-likeness (QED) is 0.909. The van der Waals surface area contributed by atoms with Crippen molar-refractivity contribution in [3.05, 3.63) is 6.33 Å². The van der Waals surface area contributed by atoms with Gasteiger partial charge < -0.3 is 15.2 Å². The summed E-state index contributed by atoms with van der Waals surface area (Å²) in [6.45, 7) is 6.83. The van der Waals surface area contributed by atoms with Gasteiger partial charge >= 0.3 is 0 Å². The SMILES string of the molecule is COc1c(N)ncnc1OC1CC(C)CC(C)(C)C1. The fourth-order valence-electron chi connectivity index (χ4n) is 3.15. The number of ether oxygens (including phenoxy) is 2. The van der Waals surface area contributed by atoms with E-state index in [0.717, 1.165) is 12.8 Å². The van der Waals surface area contributed by atoms with Crippen molar-refractivity contribution in [3.8, 4) is 11.6 Å². The fraction of sp³-hybridized carbons (Fsp3) is 0.714. The summed E-state index contributed by atoms with van der Waals surface area (Å²) in [5.74, 6) is 1.85. The molecule has 2 atom stereocenters. The zero-order valence-electron chi connectivity index (χ0n) is 12.1. The summed E-state index contributed by atoms with van der Waals surface area (Å²) >= 11 is 0. The minimum atomic E-state index is 0.155. The van der Waals surface area contributed by atoms with Crippen LogP contribution in [-0.2, 0) is 0 Å². The highest BCUT2D eigenvalue weighted by Crippen LogP contribution is 2.41. The van der Waals surface area contributed by atoms with Gasteiger partial charge in [0.15, 0.2) is 5.82 Å². The Labute approximate surface area is 114 Å². The van der Waals surface area contributed by atoms with Gasteiger partial charge in [0.25, 0.3) is 5.88 Å². The van der Waals surface area contributed by atoms with E-state index in [2.05, 4.69) is 30.7 Å². The van der Waals surface area contributed by atoms with Crippen molar-refractivity contribution < 1.29 is 9.47 Å². The summed E-state index contributed by atoms with van der Waals surface area (Å²) < 4.78 is 11.2. The van der Waals surface area contributed by atoms with Crippen LogP contribution in [-0.4, -0.2) is 23.2 Å². The van der Waals surface area contributed by atoms with Gasteiger partial charge in [-0.25, -0.2) is 4.98 Å². The lowest BCUT2D eigenvalue weighted by Gasteiger charge is -2.38. The minimum Gasteiger partial charge on any atom is -0.489 e. The molecule has 19 heavy (non-hydrogen) atoms. The number of hydrogen-bond donors (Lipinski definition) is 1. The molecule has 5 heteroatoms. The summed E-state index contributed by atoms with van der Waals surface area (Å²) in [4.78, 5) is 8.05. The van der Waals surface area contributed by atoms with E-state index < -0.39 is 0 Å². The van der Waals surface area contributed by atoms with Crippen LogP contribution in [0.3, 0.4) is 0 Å². The Bertz CT molecular complexity index is 448. The summed E-state index contributed by atoms with van der Waals surface area (Å²) in [5.41, 5.74) is 6.06. The molecule has 5 nitrogen and oxygen atoms in total. The molecule has 0 aromatic carbocycles. The average molecular weight is 265 g/mol. The second-order valence-corrected chi connectivity index (χ2v) is 6.25. The van der Waals surface area contributed by atoms with Crippen molar-refractivity contribution in [1.82, 2.24) is 9.97 Å². The minimum absolute atomic E-state index is 0.155. The summed E-state index contributed by atoms with van der Waals surface area (Å²) in [5, 5.41) is 0. The lowest BCUT2D eigenvalue weighted by molar-refractivity contribution is 0.0512. The van der Waals surface area contributed by atoms with Gasteiger partial charge in [0.1, 0.15) is 12.4 Å². The van der Waals surface area contributed by atoms with Gasteiger partial charge in [0.2, 0.25) is 5.75 Å². The zero-order chi connectivity index (χ0) is 14.0. The molecule has 1 fully saturated rings. The first kappa shape index (κ1) is 13.9. The van der Waals surface area contributed by atoms with Gasteiger partial charge in [-0.1, -0.05) is 20.8 Å². The number of nitrogen functional groups attached to an aromatic ring is 1. The molecule has 0 spiro atoms. The van der Waals surface area contributed by atoms with Crippen LogP contribution in [0.4, 0.5) is 5.82 Å². The van der Waals surface area contributed by atoms with Crippen molar-refractivity contribution in [2.45, 2.75) is 46.1 Å². The predicted octanol–water partition coefficient (Wildman–Crippen LogP) is 2.66. The molecule has 106 valence electrons. The third kappa shape index (κ3) is 3.28. The molecule has 0 amide bonds. The molecule has 2 rings (SSSR count). The highest BCUT2D eigenvalue weighted by molar-refractivity contribution is 5.51. The second kappa shape index (κ2) is 5.23. The number of hydrogen-bond acceptors (Lipinski definition) is 5. The average Bonchev–Trinajstić information content (AvgIpc) is 2.26. The summed E-state index contributed by atoms with van der Waals surface area (Å²) in [7, 11) is 1.55. The van der Waals surface area contributed by atoms with Crippen molar-refractivity contribution in [3.63, 3.8) is 0 Å². The maximum atomic E-state index is 6.01. The first-order chi connectivity index (χ1) is 8.91. The Balaban J connectivity index is 2.15. The summed E-state index contributed by atoms with van der Waals surface area (Å²) in [6.07, 6.45) is 4.85. The number of nitrogens with two attached hydrogens (primary N) is 1. The number of nitrogens with zero attached hydrogens (tertiary/aromatic N) is 2. The normalized spacial score (nSPS) is 25.9. The number of methoxy groups -OCH3 is 1. The number of aromatic nitrogens is 2. The number of rotatable bonds is 3. The van der Waals surface area contributed by atoms with Crippen LogP contribution in [0, 0.1) is 11.3 Å². The van der Waals surface area contributed by atoms with Crippen molar-refractivity contribution in [1.29, 1.82) is 0 Å². The van der Waals surface area contributed by atoms with E-state index in [0.29, 0.717) is 28.8 Å². The van der Waals surface area contributed by atoms with E-state index in [1.54, 1.807) is 7.11 Å². The van der Waals surface area contributed by atoms with E-state index in [9.17, 15) is 0 Å². The first-order valence-corrected chi connectivity index (χ1v) is 6.72. The van der Waals surface area contributed by atoms with Gasteiger partial charge in [-0.05, 0) is 30.6 Å². The Hall–Kier alpha value is -1.52. The molecule has 1 aliphatic rings. The maximum absolute atomic E-state index is 6.01. The molecule has 0 bridgehead atoms. The highest BCUT2D eigenvalue weighted by atomic mass is 16.5. The van der Waals surface area contributed by atoms with Gasteiger partial charge in [-0.15, -0.1) is 0 Å². The van der Waals surface area contributed by atoms with Crippen LogP contribution in [0.25, 0.3) is 0 Å². The highest BCUT2D eigenvalue weighted by Gasteiger charge is 2.33. The molecule has 2 unspecified atom stereocenters. The Morgan fingerprint density at radius 3 is 2.68 bits per heavy atom. The first-order valence-electron chi connectivity index (χ1n) is 6.72. The van der Waals surface area contributed by atoms with E-state index >= 15 is 0 Å². The van der Waals surface area contributed by atoms with Gasteiger partial charge in [-0.3, -0.25) is 0 Å². The van der Waals surface area contributed by atoms with Crippen LogP contribution in [0.1, 0.15) is 40.0 Å². The fourth-order valence-corrected chi connectivity index (χ4v) is 3.15. The Morgan fingerprint density at radius 1 is 1.32 bits per heavy atom. The molecule has 0 aliphatic heterocycles. The molecule has 1 heterocycles. The van der Waals surface area contributed by atoms with E-state index in [-0.39, 0.29) is 6.10 Å². The molecule has 1 aromatic rings. The van der Waals surface area contributed by atoms with Crippen LogP contribution in [0.2, 0.25) is 0 Å². The predicted molar refractivity (Wildman–Crippen MR) is 74.2 cm³/mol. The van der Waals surface area contributed by atoms with E-state index in [1.165, 1.54) is 12.7 Å². The Kier molecular flexibility index (Phi) is 3.83. The lowest BCUT2D eigenvalue weighted by Crippen LogP contribution is -2.34. The van der Waals surface area contributed by atoms with Crippen LogP contribution in [0.5, 0.6) is 11.6 Å². The third-order valence-corrected chi connectivity index (χ3v) is 3.63. The van der Waals surface area contributed by atoms with E-state index in [1.807, 2.05) is 0 Å². The third-order valence-electron chi connectivity index (χ3n) is 3.63. The molecule has 1 aromatic heterocycles. The molecule has 1 saturated carbocycles. The standard InChI is InChI=1S/C14H23N3O2/c1-9-5-10(7-14(2,3)6-9)19-13-11(18-4)12(15)16-8-17-13/h8-10H,5-7H2,1-4H3,(H2,15,16,17). The maximum Gasteiger partial charge on any atom is 0.262 e. The van der Waals surface area contributed by atoms with Crippen LogP contribution >= 0.6 is 0 Å². The molecule has 1 aliphatic carbocycles. The molecular weight excluding hydrogens is 242 g/mol. The smallest absolute Gasteiger partial charge is 0.262 e. The monoisotopic (exact) mass is 265 g/mol. The topological polar surface area (TPSA) is 70.3 Å². The number of anilines is 1. The Morgan fingerprint density at radius 2 is 2.05 bits per heavy atom. The van der Waals surface area contributed by atoms with Gasteiger partial charge in [0, 0.05) is 0 Å². The van der Waals surface area contributed by atoms with Crippen molar-refractivity contribution >= 4 is 5.82 Å². The van der Waals surface area contributed by atoms with Crippen LogP contribution < -0.4 is 15.2 Å². The zero-order valence-corrected chi connectivity index (χ0v) is 12.1. The summed E-state index contributed by atoms with van der Waals surface area (Å²) in [6, 6.07) is 0. The second-order valence-electron chi connectivity index (χ2n) is 6.25. The lowest BCUT2D eigenvalue weighted by atomic mass is 9.71. The molecule has 2 N–H and O–H groups in total. The molecular formula is C14H23N3O2. The van der Waals surface area contributed by atoms with Crippen molar-refractivity contribution in [2.24, 2.45) is 11.3 Å². The van der Waals surface area contributed by atoms with E-state index in [4.69, 9.17) is 15.2 Å². The largest absolute Gasteiger partial charge is 0.489 e. The van der Waals surface area contributed by atoms with Crippen molar-refractivity contribution in [2.75, 3.05) is 12.8 Å².